The summed E-state index contributed by atoms with van der Waals surface area (Å²) in [6.07, 6.45) is 6.12. The van der Waals surface area contributed by atoms with Crippen LogP contribution in [-0.4, -0.2) is 82.1 Å². The van der Waals surface area contributed by atoms with E-state index in [1.165, 1.54) is 18.4 Å². The molecule has 3 atom stereocenters. The van der Waals surface area contributed by atoms with Crippen molar-refractivity contribution in [2.24, 2.45) is 5.92 Å². The van der Waals surface area contributed by atoms with Gasteiger partial charge < -0.3 is 34.1 Å². The predicted octanol–water partition coefficient (Wildman–Crippen LogP) is 4.95. The fourth-order valence-electron chi connectivity index (χ4n) is 7.05. The van der Waals surface area contributed by atoms with E-state index in [9.17, 15) is 10.1 Å². The van der Waals surface area contributed by atoms with Crippen LogP contribution in [0.1, 0.15) is 87.0 Å². The van der Waals surface area contributed by atoms with Crippen LogP contribution in [0.2, 0.25) is 0 Å². The number of aryl methyl sites for hydroxylation is 1. The number of hydrogen-bond acceptors (Lipinski definition) is 15. The molecular formula is C34H43N9O5S. The summed E-state index contributed by atoms with van der Waals surface area (Å²) in [5.41, 5.74) is 7.02. The molecule has 1 saturated heterocycles. The maximum Gasteiger partial charge on any atom is 0.316 e. The third-order valence-corrected chi connectivity index (χ3v) is 10.6. The molecule has 14 nitrogen and oxygen atoms in total. The van der Waals surface area contributed by atoms with Gasteiger partial charge in [-0.25, -0.2) is 9.97 Å². The van der Waals surface area contributed by atoms with Gasteiger partial charge in [0.2, 0.25) is 17.5 Å². The van der Waals surface area contributed by atoms with Crippen molar-refractivity contribution >= 4 is 28.1 Å². The molecule has 0 bridgehead atoms. The minimum absolute atomic E-state index is 0.00379. The highest BCUT2D eigenvalue weighted by molar-refractivity contribution is 7.16. The summed E-state index contributed by atoms with van der Waals surface area (Å²) in [7, 11) is 1.37. The van der Waals surface area contributed by atoms with Crippen molar-refractivity contribution in [1.29, 1.82) is 5.26 Å². The van der Waals surface area contributed by atoms with Crippen LogP contribution >= 0.6 is 11.3 Å². The smallest absolute Gasteiger partial charge is 0.316 e. The number of nitriles is 1. The first-order chi connectivity index (χ1) is 23.6. The molecule has 0 spiro atoms. The van der Waals surface area contributed by atoms with Crippen molar-refractivity contribution in [2.75, 3.05) is 50.5 Å². The van der Waals surface area contributed by atoms with Gasteiger partial charge in [0.1, 0.15) is 22.8 Å². The molecule has 0 amide bonds. The van der Waals surface area contributed by atoms with Crippen molar-refractivity contribution in [3.05, 3.63) is 46.0 Å². The van der Waals surface area contributed by atoms with Crippen LogP contribution < -0.4 is 15.4 Å². The summed E-state index contributed by atoms with van der Waals surface area (Å²) < 4.78 is 22.0. The number of nitrogen functional groups attached to an aromatic ring is 1. The second-order valence-corrected chi connectivity index (χ2v) is 14.4. The first-order valence-electron chi connectivity index (χ1n) is 16.8. The number of esters is 1. The van der Waals surface area contributed by atoms with Crippen LogP contribution in [0.25, 0.3) is 11.6 Å². The molecule has 1 unspecified atom stereocenters. The maximum absolute atomic E-state index is 12.2. The molecule has 49 heavy (non-hydrogen) atoms. The van der Waals surface area contributed by atoms with Crippen molar-refractivity contribution in [3.63, 3.8) is 0 Å². The van der Waals surface area contributed by atoms with Crippen molar-refractivity contribution in [1.82, 2.24) is 30.2 Å². The number of nitrogens with zero attached hydrogens (tertiary/aromatic N) is 8. The zero-order chi connectivity index (χ0) is 34.7. The molecule has 1 aliphatic heterocycles. The molecular weight excluding hydrogens is 646 g/mol. The van der Waals surface area contributed by atoms with E-state index in [1.807, 2.05) is 26.8 Å². The standard InChI is InChI=1S/C34H43N9O5S/c1-20(2)27(32(44)45-5)23-17-26(40-47-23)46-16-8-14-42-13-7-15-43(21(3)19-42)25-10-12-37-30(38-25)31-39-33(48-41-31)34(4)11-6-9-24-28(34)22(18-35)29(36)49-24/h10,12,17,20-21,27H,6-9,11,13-16,19,36H2,1-5H3/t21-,27?,34-/m0/s1. The molecule has 2 aliphatic rings. The van der Waals surface area contributed by atoms with E-state index in [4.69, 9.17) is 34.2 Å². The third kappa shape index (κ3) is 6.98. The molecule has 4 aromatic heterocycles. The average Bonchev–Trinajstić information content (AvgIpc) is 3.81. The first-order valence-corrected chi connectivity index (χ1v) is 17.6. The van der Waals surface area contributed by atoms with Gasteiger partial charge in [-0.2, -0.15) is 10.2 Å². The number of anilines is 2. The molecule has 0 radical (unpaired) electrons. The molecule has 2 N–H and O–H groups in total. The highest BCUT2D eigenvalue weighted by Crippen LogP contribution is 2.48. The summed E-state index contributed by atoms with van der Waals surface area (Å²) in [5.74, 6) is 1.91. The Kier molecular flexibility index (Phi) is 10.2. The molecule has 15 heteroatoms. The number of hydrogen-bond donors (Lipinski definition) is 1. The summed E-state index contributed by atoms with van der Waals surface area (Å²) in [4.78, 5) is 32.2. The topological polar surface area (TPSA) is 183 Å². The van der Waals surface area contributed by atoms with Crippen molar-refractivity contribution in [2.45, 2.75) is 77.2 Å². The normalized spacial score (nSPS) is 20.4. The molecule has 0 saturated carbocycles. The number of carbonyl (C=O) groups excluding carboxylic acids is 1. The molecule has 260 valence electrons. The summed E-state index contributed by atoms with van der Waals surface area (Å²) in [6, 6.07) is 6.09. The SMILES string of the molecule is COC(=O)C(c1cc(OCCCN2CCCN(c3ccnc(-c4noc([C@@]5(C)CCCc6sc(N)c(C#N)c65)n4)n3)[C@@H](C)C2)no1)C(C)C. The number of rotatable bonds is 11. The Balaban J connectivity index is 1.06. The zero-order valence-electron chi connectivity index (χ0n) is 28.6. The van der Waals surface area contributed by atoms with Crippen molar-refractivity contribution < 1.29 is 23.3 Å². The number of ether oxygens (including phenoxy) is 2. The molecule has 5 heterocycles. The number of nitrogens with two attached hydrogens (primary N) is 1. The number of methoxy groups -OCH3 is 1. The van der Waals surface area contributed by atoms with Gasteiger partial charge in [0, 0.05) is 48.4 Å². The van der Waals surface area contributed by atoms with E-state index < -0.39 is 11.3 Å². The minimum Gasteiger partial charge on any atom is -0.475 e. The van der Waals surface area contributed by atoms with Crippen LogP contribution in [0.3, 0.4) is 0 Å². The Labute approximate surface area is 289 Å². The lowest BCUT2D eigenvalue weighted by Gasteiger charge is -2.30. The van der Waals surface area contributed by atoms with Gasteiger partial charge in [-0.1, -0.05) is 19.0 Å². The highest BCUT2D eigenvalue weighted by Gasteiger charge is 2.43. The Morgan fingerprint density at radius 1 is 1.22 bits per heavy atom. The van der Waals surface area contributed by atoms with Crippen LogP contribution in [-0.2, 0) is 21.4 Å². The Hall–Kier alpha value is -4.55. The molecule has 1 fully saturated rings. The van der Waals surface area contributed by atoms with Crippen LogP contribution in [0.15, 0.2) is 27.4 Å². The molecule has 1 aliphatic carbocycles. The Bertz CT molecular complexity index is 1810. The average molecular weight is 690 g/mol. The van der Waals surface area contributed by atoms with E-state index in [2.05, 4.69) is 38.1 Å². The number of aromatic nitrogens is 5. The molecule has 0 aromatic carbocycles. The van der Waals surface area contributed by atoms with Crippen LogP contribution in [0.4, 0.5) is 10.8 Å². The van der Waals surface area contributed by atoms with Gasteiger partial charge in [-0.3, -0.25) is 4.79 Å². The Morgan fingerprint density at radius 3 is 2.84 bits per heavy atom. The van der Waals surface area contributed by atoms with Gasteiger partial charge >= 0.3 is 5.97 Å². The van der Waals surface area contributed by atoms with Gasteiger partial charge in [0.25, 0.3) is 5.88 Å². The summed E-state index contributed by atoms with van der Waals surface area (Å²) >= 11 is 1.48. The molecule has 6 rings (SSSR count). The van der Waals surface area contributed by atoms with Crippen LogP contribution in [0, 0.1) is 17.2 Å². The van der Waals surface area contributed by atoms with Gasteiger partial charge in [0.15, 0.2) is 5.76 Å². The summed E-state index contributed by atoms with van der Waals surface area (Å²) in [5, 5.41) is 18.7. The second kappa shape index (κ2) is 14.5. The fraction of sp³-hybridized carbons (Fsp3) is 0.559. The van der Waals surface area contributed by atoms with E-state index in [0.29, 0.717) is 46.4 Å². The summed E-state index contributed by atoms with van der Waals surface area (Å²) in [6.45, 7) is 12.1. The van der Waals surface area contributed by atoms with Gasteiger partial charge in [-0.15, -0.1) is 11.3 Å². The second-order valence-electron chi connectivity index (χ2n) is 13.3. The lowest BCUT2D eigenvalue weighted by atomic mass is 9.72. The maximum atomic E-state index is 12.2. The monoisotopic (exact) mass is 689 g/mol. The van der Waals surface area contributed by atoms with E-state index in [-0.39, 0.29) is 17.9 Å². The quantitative estimate of drug-likeness (QED) is 0.165. The minimum atomic E-state index is -0.608. The molecule has 4 aromatic rings. The van der Waals surface area contributed by atoms with Gasteiger partial charge in [0.05, 0.1) is 24.7 Å². The third-order valence-electron chi connectivity index (χ3n) is 9.52. The zero-order valence-corrected chi connectivity index (χ0v) is 29.5. The lowest BCUT2D eigenvalue weighted by molar-refractivity contribution is -0.144. The largest absolute Gasteiger partial charge is 0.475 e. The Morgan fingerprint density at radius 2 is 2.06 bits per heavy atom. The fourth-order valence-corrected chi connectivity index (χ4v) is 8.24. The predicted molar refractivity (Wildman–Crippen MR) is 182 cm³/mol. The van der Waals surface area contributed by atoms with Crippen molar-refractivity contribution in [3.8, 4) is 23.6 Å². The van der Waals surface area contributed by atoms with Gasteiger partial charge in [-0.05, 0) is 69.6 Å². The number of carbonyl (C=O) groups is 1. The van der Waals surface area contributed by atoms with E-state index in [0.717, 1.165) is 74.5 Å². The first kappa shape index (κ1) is 34.3. The van der Waals surface area contributed by atoms with E-state index in [1.54, 1.807) is 12.3 Å². The number of fused-ring (bicyclic) bond motifs is 1. The van der Waals surface area contributed by atoms with E-state index >= 15 is 0 Å². The highest BCUT2D eigenvalue weighted by atomic mass is 32.1. The van der Waals surface area contributed by atoms with Crippen LogP contribution in [0.5, 0.6) is 5.88 Å². The lowest BCUT2D eigenvalue weighted by Crippen LogP contribution is -2.40. The number of thiophene rings is 1.